The van der Waals surface area contributed by atoms with Gasteiger partial charge in [-0.1, -0.05) is 17.7 Å². The van der Waals surface area contributed by atoms with Crippen LogP contribution in [0.5, 0.6) is 17.2 Å². The van der Waals surface area contributed by atoms with Gasteiger partial charge in [-0.15, -0.1) is 0 Å². The molecule has 1 heterocycles. The van der Waals surface area contributed by atoms with Gasteiger partial charge in [0.2, 0.25) is 0 Å². The Morgan fingerprint density at radius 3 is 2.57 bits per heavy atom. The molecule has 7 nitrogen and oxygen atoms in total. The number of amides is 1. The maximum absolute atomic E-state index is 12.7. The smallest absolute Gasteiger partial charge is 0.255 e. The number of H-pyrrole nitrogens is 1. The van der Waals surface area contributed by atoms with Gasteiger partial charge in [0.1, 0.15) is 5.75 Å². The van der Waals surface area contributed by atoms with Crippen LogP contribution in [0.15, 0.2) is 42.6 Å². The summed E-state index contributed by atoms with van der Waals surface area (Å²) in [7, 11) is 3.19. The molecule has 0 spiro atoms. The Kier molecular flexibility index (Phi) is 7.19. The van der Waals surface area contributed by atoms with Gasteiger partial charge >= 0.3 is 0 Å². The Morgan fingerprint density at radius 1 is 1.10 bits per heavy atom. The van der Waals surface area contributed by atoms with Crippen LogP contribution < -0.4 is 19.5 Å². The number of rotatable bonds is 9. The molecule has 8 heteroatoms. The second-order valence-electron chi connectivity index (χ2n) is 6.43. The summed E-state index contributed by atoms with van der Waals surface area (Å²) in [5.74, 6) is 1.71. The molecule has 1 aromatic heterocycles. The molecule has 158 valence electrons. The summed E-state index contributed by atoms with van der Waals surface area (Å²) in [5, 5.41) is 10.3. The van der Waals surface area contributed by atoms with Crippen LogP contribution in [-0.2, 0) is 6.42 Å². The second-order valence-corrected chi connectivity index (χ2v) is 6.84. The lowest BCUT2D eigenvalue weighted by Crippen LogP contribution is -2.25. The van der Waals surface area contributed by atoms with Crippen LogP contribution in [0.3, 0.4) is 0 Å². The van der Waals surface area contributed by atoms with Crippen LogP contribution in [0.4, 0.5) is 0 Å². The number of halogens is 1. The third kappa shape index (κ3) is 4.86. The number of aromatic amines is 1. The summed E-state index contributed by atoms with van der Waals surface area (Å²) in [6, 6.07) is 11.1. The number of carbonyl (C=O) groups excluding carboxylic acids is 1. The van der Waals surface area contributed by atoms with Gasteiger partial charge in [0.15, 0.2) is 11.5 Å². The number of nitrogens with zero attached hydrogens (tertiary/aromatic N) is 1. The average molecular weight is 430 g/mol. The van der Waals surface area contributed by atoms with Gasteiger partial charge in [0.05, 0.1) is 43.3 Å². The van der Waals surface area contributed by atoms with Crippen molar-refractivity contribution < 1.29 is 19.0 Å². The molecule has 3 aromatic rings. The summed E-state index contributed by atoms with van der Waals surface area (Å²) >= 11 is 6.28. The fraction of sp³-hybridized carbons (Fsp3) is 0.273. The van der Waals surface area contributed by atoms with E-state index in [1.165, 1.54) is 6.20 Å². The topological polar surface area (TPSA) is 85.5 Å². The van der Waals surface area contributed by atoms with E-state index >= 15 is 0 Å². The van der Waals surface area contributed by atoms with Crippen molar-refractivity contribution in [2.45, 2.75) is 13.3 Å². The van der Waals surface area contributed by atoms with Crippen LogP contribution in [0, 0.1) is 0 Å². The lowest BCUT2D eigenvalue weighted by molar-refractivity contribution is 0.0955. The first-order valence-corrected chi connectivity index (χ1v) is 9.90. The molecule has 0 radical (unpaired) electrons. The average Bonchev–Trinajstić information content (AvgIpc) is 3.25. The van der Waals surface area contributed by atoms with E-state index in [9.17, 15) is 4.79 Å². The third-order valence-electron chi connectivity index (χ3n) is 4.55. The Morgan fingerprint density at radius 2 is 1.87 bits per heavy atom. The maximum atomic E-state index is 12.7. The number of nitrogens with one attached hydrogen (secondary N) is 2. The standard InChI is InChI=1S/C22H24ClN3O4/c1-4-30-18-8-6-15(12-17(18)23)21-16(13-25-26-21)22(27)24-10-9-14-5-7-19(28-2)20(11-14)29-3/h5-8,11-13H,4,9-10H2,1-3H3,(H,24,27)(H,25,26). The molecular formula is C22H24ClN3O4. The number of benzene rings is 2. The predicted molar refractivity (Wildman–Crippen MR) is 116 cm³/mol. The maximum Gasteiger partial charge on any atom is 0.255 e. The number of methoxy groups -OCH3 is 2. The Labute approximate surface area is 180 Å². The van der Waals surface area contributed by atoms with Crippen molar-refractivity contribution >= 4 is 17.5 Å². The van der Waals surface area contributed by atoms with Crippen LogP contribution in [0.25, 0.3) is 11.3 Å². The zero-order chi connectivity index (χ0) is 21.5. The van der Waals surface area contributed by atoms with E-state index in [0.717, 1.165) is 11.1 Å². The lowest BCUT2D eigenvalue weighted by atomic mass is 10.1. The Balaban J connectivity index is 1.66. The SMILES string of the molecule is CCOc1ccc(-c2[nH]ncc2C(=O)NCCc2ccc(OC)c(OC)c2)cc1Cl. The summed E-state index contributed by atoms with van der Waals surface area (Å²) in [4.78, 5) is 12.7. The monoisotopic (exact) mass is 429 g/mol. The predicted octanol–water partition coefficient (Wildman–Crippen LogP) is 4.12. The van der Waals surface area contributed by atoms with E-state index in [0.29, 0.717) is 53.1 Å². The summed E-state index contributed by atoms with van der Waals surface area (Å²) < 4.78 is 16.0. The molecule has 0 aliphatic heterocycles. The molecule has 2 N–H and O–H groups in total. The van der Waals surface area contributed by atoms with Crippen molar-refractivity contribution in [2.24, 2.45) is 0 Å². The van der Waals surface area contributed by atoms with Crippen LogP contribution >= 0.6 is 11.6 Å². The molecule has 0 bridgehead atoms. The van der Waals surface area contributed by atoms with Gasteiger partial charge in [-0.2, -0.15) is 5.10 Å². The van der Waals surface area contributed by atoms with Crippen LogP contribution in [0.1, 0.15) is 22.8 Å². The molecule has 30 heavy (non-hydrogen) atoms. The van der Waals surface area contributed by atoms with E-state index in [4.69, 9.17) is 25.8 Å². The molecule has 0 saturated carbocycles. The molecule has 3 rings (SSSR count). The van der Waals surface area contributed by atoms with Crippen molar-refractivity contribution in [1.29, 1.82) is 0 Å². The van der Waals surface area contributed by atoms with Crippen LogP contribution in [0.2, 0.25) is 5.02 Å². The second kappa shape index (κ2) is 10.0. The van der Waals surface area contributed by atoms with Gasteiger partial charge in [0, 0.05) is 12.1 Å². The minimum absolute atomic E-state index is 0.218. The Hall–Kier alpha value is -3.19. The van der Waals surface area contributed by atoms with E-state index in [2.05, 4.69) is 15.5 Å². The van der Waals surface area contributed by atoms with E-state index in [1.807, 2.05) is 31.2 Å². The first-order valence-electron chi connectivity index (χ1n) is 9.52. The highest BCUT2D eigenvalue weighted by Gasteiger charge is 2.16. The largest absolute Gasteiger partial charge is 0.493 e. The molecule has 1 amide bonds. The van der Waals surface area contributed by atoms with E-state index in [1.54, 1.807) is 26.4 Å². The number of carbonyl (C=O) groups is 1. The summed E-state index contributed by atoms with van der Waals surface area (Å²) in [5.41, 5.74) is 2.83. The normalized spacial score (nSPS) is 10.5. The van der Waals surface area contributed by atoms with Crippen molar-refractivity contribution in [3.63, 3.8) is 0 Å². The first kappa shape index (κ1) is 21.5. The van der Waals surface area contributed by atoms with Crippen molar-refractivity contribution in [3.05, 3.63) is 58.7 Å². The first-order chi connectivity index (χ1) is 14.6. The minimum Gasteiger partial charge on any atom is -0.493 e. The number of hydrogen-bond acceptors (Lipinski definition) is 5. The van der Waals surface area contributed by atoms with E-state index in [-0.39, 0.29) is 5.91 Å². The fourth-order valence-electron chi connectivity index (χ4n) is 3.06. The van der Waals surface area contributed by atoms with Crippen molar-refractivity contribution in [1.82, 2.24) is 15.5 Å². The van der Waals surface area contributed by atoms with Gasteiger partial charge in [0.25, 0.3) is 5.91 Å². The summed E-state index contributed by atoms with van der Waals surface area (Å²) in [6.07, 6.45) is 2.15. The van der Waals surface area contributed by atoms with Gasteiger partial charge < -0.3 is 19.5 Å². The van der Waals surface area contributed by atoms with Crippen molar-refractivity contribution in [2.75, 3.05) is 27.4 Å². The van der Waals surface area contributed by atoms with Crippen LogP contribution in [-0.4, -0.2) is 43.5 Å². The summed E-state index contributed by atoms with van der Waals surface area (Å²) in [6.45, 7) is 2.88. The van der Waals surface area contributed by atoms with E-state index < -0.39 is 0 Å². The molecule has 0 aliphatic carbocycles. The fourth-order valence-corrected chi connectivity index (χ4v) is 3.29. The highest BCUT2D eigenvalue weighted by molar-refractivity contribution is 6.32. The Bertz CT molecular complexity index is 1020. The molecule has 2 aromatic carbocycles. The zero-order valence-electron chi connectivity index (χ0n) is 17.1. The molecule has 0 atom stereocenters. The van der Waals surface area contributed by atoms with Gasteiger partial charge in [-0.05, 0) is 49.2 Å². The lowest BCUT2D eigenvalue weighted by Gasteiger charge is -2.10. The quantitative estimate of drug-likeness (QED) is 0.534. The van der Waals surface area contributed by atoms with Crippen molar-refractivity contribution in [3.8, 4) is 28.5 Å². The molecule has 0 unspecified atom stereocenters. The van der Waals surface area contributed by atoms with Gasteiger partial charge in [-0.3, -0.25) is 9.89 Å². The molecule has 0 aliphatic rings. The minimum atomic E-state index is -0.218. The van der Waals surface area contributed by atoms with Gasteiger partial charge in [-0.25, -0.2) is 0 Å². The molecular weight excluding hydrogens is 406 g/mol. The molecule has 0 fully saturated rings. The zero-order valence-corrected chi connectivity index (χ0v) is 17.9. The number of aromatic nitrogens is 2. The highest BCUT2D eigenvalue weighted by atomic mass is 35.5. The number of hydrogen-bond donors (Lipinski definition) is 2. The molecule has 0 saturated heterocycles. The third-order valence-corrected chi connectivity index (χ3v) is 4.85. The highest BCUT2D eigenvalue weighted by Crippen LogP contribution is 2.31. The number of ether oxygens (including phenoxy) is 3.